The number of benzene rings is 2. The molecule has 3 aromatic rings. The molecule has 1 heterocycles. The molecule has 0 atom stereocenters. The molecule has 0 bridgehead atoms. The Morgan fingerprint density at radius 2 is 1.85 bits per heavy atom. The van der Waals surface area contributed by atoms with Crippen LogP contribution in [0.5, 0.6) is 0 Å². The third-order valence-corrected chi connectivity index (χ3v) is 4.93. The van der Waals surface area contributed by atoms with Crippen LogP contribution in [0, 0.1) is 13.8 Å². The monoisotopic (exact) mass is 430 g/mol. The molecule has 0 aliphatic rings. The zero-order valence-electron chi connectivity index (χ0n) is 14.2. The molecule has 2 aromatic carbocycles. The van der Waals surface area contributed by atoms with Gasteiger partial charge in [-0.3, -0.25) is 4.99 Å². The van der Waals surface area contributed by atoms with Crippen LogP contribution in [0.15, 0.2) is 58.0 Å². The first kappa shape index (κ1) is 18.4. The van der Waals surface area contributed by atoms with E-state index in [0.29, 0.717) is 5.69 Å². The topological polar surface area (TPSA) is 54.6 Å². The number of carboxylic acid groups (broad SMARTS) is 1. The normalized spacial score (nSPS) is 11.2. The van der Waals surface area contributed by atoms with Crippen molar-refractivity contribution in [3.05, 3.63) is 80.5 Å². The van der Waals surface area contributed by atoms with Crippen LogP contribution in [0.3, 0.4) is 0 Å². The Hall–Kier alpha value is -2.37. The summed E-state index contributed by atoms with van der Waals surface area (Å²) in [6.07, 6.45) is 1.77. The van der Waals surface area contributed by atoms with Crippen molar-refractivity contribution in [3.63, 3.8) is 0 Å². The number of rotatable bonds is 4. The van der Waals surface area contributed by atoms with Crippen molar-refractivity contribution in [2.24, 2.45) is 4.99 Å². The van der Waals surface area contributed by atoms with Gasteiger partial charge in [-0.2, -0.15) is 0 Å². The van der Waals surface area contributed by atoms with Gasteiger partial charge in [0.1, 0.15) is 0 Å². The Bertz CT molecular complexity index is 1010. The fourth-order valence-electron chi connectivity index (χ4n) is 2.81. The molecule has 0 unspecified atom stereocenters. The molecule has 0 aliphatic heterocycles. The lowest BCUT2D eigenvalue weighted by molar-refractivity contribution is 0.0697. The predicted molar refractivity (Wildman–Crippen MR) is 109 cm³/mol. The summed E-state index contributed by atoms with van der Waals surface area (Å²) in [4.78, 5) is 15.5. The second-order valence-electron chi connectivity index (χ2n) is 5.87. The van der Waals surface area contributed by atoms with Gasteiger partial charge in [0.15, 0.2) is 0 Å². The number of aryl methyl sites for hydroxylation is 1. The molecule has 0 spiro atoms. The molecule has 0 radical (unpaired) electrons. The molecule has 3 rings (SSSR count). The Balaban J connectivity index is 1.92. The lowest BCUT2D eigenvalue weighted by Gasteiger charge is -2.09. The van der Waals surface area contributed by atoms with Crippen molar-refractivity contribution >= 4 is 45.4 Å². The number of aromatic nitrogens is 1. The van der Waals surface area contributed by atoms with Crippen LogP contribution in [0.4, 0.5) is 5.69 Å². The molecule has 0 amide bonds. The summed E-state index contributed by atoms with van der Waals surface area (Å²) < 4.78 is 3.20. The van der Waals surface area contributed by atoms with Crippen molar-refractivity contribution in [3.8, 4) is 5.69 Å². The van der Waals surface area contributed by atoms with Gasteiger partial charge in [-0.25, -0.2) is 4.79 Å². The summed E-state index contributed by atoms with van der Waals surface area (Å²) >= 11 is 9.45. The third kappa shape index (κ3) is 3.74. The average molecular weight is 432 g/mol. The maximum absolute atomic E-state index is 11.0. The fourth-order valence-corrected chi connectivity index (χ4v) is 3.33. The average Bonchev–Trinajstić information content (AvgIpc) is 2.87. The van der Waals surface area contributed by atoms with Crippen molar-refractivity contribution in [2.45, 2.75) is 13.8 Å². The molecular formula is C20H16BrClN2O2. The number of hydrogen-bond donors (Lipinski definition) is 1. The zero-order valence-corrected chi connectivity index (χ0v) is 16.5. The lowest BCUT2D eigenvalue weighted by Crippen LogP contribution is -1.99. The van der Waals surface area contributed by atoms with Gasteiger partial charge in [0.2, 0.25) is 0 Å². The first-order chi connectivity index (χ1) is 12.4. The summed E-state index contributed by atoms with van der Waals surface area (Å²) in [5.74, 6) is -1.05. The van der Waals surface area contributed by atoms with Gasteiger partial charge in [-0.1, -0.05) is 27.5 Å². The number of hydrogen-bond acceptors (Lipinski definition) is 2. The Labute approximate surface area is 164 Å². The summed E-state index contributed by atoms with van der Waals surface area (Å²) in [7, 11) is 0. The van der Waals surface area contributed by atoms with Gasteiger partial charge in [0.05, 0.1) is 16.3 Å². The standard InChI is InChI=1S/C20H16BrClN2O2/c1-12-9-14(13(2)24(12)17-6-3-15(21)4-7-17)11-23-16-5-8-18(20(25)26)19(22)10-16/h3-11H,1-2H3,(H,25,26). The van der Waals surface area contributed by atoms with Gasteiger partial charge in [-0.05, 0) is 62.4 Å². The number of aromatic carboxylic acids is 1. The third-order valence-electron chi connectivity index (χ3n) is 4.09. The number of aliphatic imine (C=N–C) groups is 1. The minimum absolute atomic E-state index is 0.0685. The summed E-state index contributed by atoms with van der Waals surface area (Å²) in [5.41, 5.74) is 4.92. The molecule has 0 aliphatic carbocycles. The Morgan fingerprint density at radius 1 is 1.15 bits per heavy atom. The fraction of sp³-hybridized carbons (Fsp3) is 0.100. The molecular weight excluding hydrogens is 416 g/mol. The van der Waals surface area contributed by atoms with Crippen LogP contribution >= 0.6 is 27.5 Å². The van der Waals surface area contributed by atoms with Crippen LogP contribution in [0.1, 0.15) is 27.3 Å². The van der Waals surface area contributed by atoms with E-state index in [1.54, 1.807) is 18.3 Å². The number of halogens is 2. The molecule has 26 heavy (non-hydrogen) atoms. The highest BCUT2D eigenvalue weighted by atomic mass is 79.9. The summed E-state index contributed by atoms with van der Waals surface area (Å²) in [6.45, 7) is 4.09. The maximum atomic E-state index is 11.0. The van der Waals surface area contributed by atoms with Gasteiger partial charge in [0.25, 0.3) is 0 Å². The molecule has 1 N–H and O–H groups in total. The van der Waals surface area contributed by atoms with E-state index in [-0.39, 0.29) is 10.6 Å². The highest BCUT2D eigenvalue weighted by molar-refractivity contribution is 9.10. The molecule has 1 aromatic heterocycles. The molecule has 132 valence electrons. The minimum atomic E-state index is -1.05. The van der Waals surface area contributed by atoms with Crippen molar-refractivity contribution < 1.29 is 9.90 Å². The Morgan fingerprint density at radius 3 is 2.46 bits per heavy atom. The van der Waals surface area contributed by atoms with Crippen LogP contribution in [-0.4, -0.2) is 21.9 Å². The highest BCUT2D eigenvalue weighted by Crippen LogP contribution is 2.25. The van der Waals surface area contributed by atoms with Crippen molar-refractivity contribution in [2.75, 3.05) is 0 Å². The van der Waals surface area contributed by atoms with Crippen LogP contribution < -0.4 is 0 Å². The van der Waals surface area contributed by atoms with E-state index < -0.39 is 5.97 Å². The number of carboxylic acids is 1. The quantitative estimate of drug-likeness (QED) is 0.518. The van der Waals surface area contributed by atoms with E-state index in [9.17, 15) is 4.79 Å². The predicted octanol–water partition coefficient (Wildman–Crippen LogP) is 5.96. The van der Waals surface area contributed by atoms with Crippen LogP contribution in [-0.2, 0) is 0 Å². The molecule has 0 fully saturated rings. The van der Waals surface area contributed by atoms with Gasteiger partial charge < -0.3 is 9.67 Å². The van der Waals surface area contributed by atoms with Gasteiger partial charge in [-0.15, -0.1) is 0 Å². The smallest absolute Gasteiger partial charge is 0.337 e. The van der Waals surface area contributed by atoms with E-state index in [1.807, 2.05) is 26.0 Å². The van der Waals surface area contributed by atoms with Gasteiger partial charge >= 0.3 is 5.97 Å². The zero-order chi connectivity index (χ0) is 18.8. The van der Waals surface area contributed by atoms with Crippen LogP contribution in [0.25, 0.3) is 5.69 Å². The molecule has 4 nitrogen and oxygen atoms in total. The lowest BCUT2D eigenvalue weighted by atomic mass is 10.2. The first-order valence-corrected chi connectivity index (χ1v) is 9.05. The molecule has 0 saturated carbocycles. The van der Waals surface area contributed by atoms with Crippen LogP contribution in [0.2, 0.25) is 5.02 Å². The summed E-state index contributed by atoms with van der Waals surface area (Å²) in [6, 6.07) is 14.8. The Kier molecular flexibility index (Phi) is 5.30. The maximum Gasteiger partial charge on any atom is 0.337 e. The summed E-state index contributed by atoms with van der Waals surface area (Å²) in [5, 5.41) is 9.20. The largest absolute Gasteiger partial charge is 0.478 e. The number of nitrogens with zero attached hydrogens (tertiary/aromatic N) is 2. The van der Waals surface area contributed by atoms with E-state index in [4.69, 9.17) is 16.7 Å². The van der Waals surface area contributed by atoms with E-state index in [0.717, 1.165) is 27.1 Å². The molecule has 0 saturated heterocycles. The molecule has 6 heteroatoms. The SMILES string of the molecule is Cc1cc(C=Nc2ccc(C(=O)O)c(Cl)c2)c(C)n1-c1ccc(Br)cc1. The van der Waals surface area contributed by atoms with E-state index in [2.05, 4.69) is 43.7 Å². The van der Waals surface area contributed by atoms with Crippen molar-refractivity contribution in [1.29, 1.82) is 0 Å². The first-order valence-electron chi connectivity index (χ1n) is 7.88. The van der Waals surface area contributed by atoms with E-state index in [1.165, 1.54) is 6.07 Å². The second-order valence-corrected chi connectivity index (χ2v) is 7.19. The minimum Gasteiger partial charge on any atom is -0.478 e. The van der Waals surface area contributed by atoms with Crippen molar-refractivity contribution in [1.82, 2.24) is 4.57 Å². The van der Waals surface area contributed by atoms with E-state index >= 15 is 0 Å². The highest BCUT2D eigenvalue weighted by Gasteiger charge is 2.10. The van der Waals surface area contributed by atoms with Gasteiger partial charge in [0, 0.05) is 33.3 Å². The second kappa shape index (κ2) is 7.48. The number of carbonyl (C=O) groups is 1.